The molecule has 4 heteroatoms. The number of hydrogen-bond acceptors (Lipinski definition) is 3. The van der Waals surface area contributed by atoms with Crippen molar-refractivity contribution >= 4 is 5.91 Å². The molecule has 0 aromatic heterocycles. The van der Waals surface area contributed by atoms with Gasteiger partial charge >= 0.3 is 0 Å². The molecule has 1 aliphatic heterocycles. The maximum Gasteiger partial charge on any atom is 0.257 e. The number of aryl methyl sites for hydroxylation is 1. The van der Waals surface area contributed by atoms with Gasteiger partial charge in [-0.1, -0.05) is 24.3 Å². The van der Waals surface area contributed by atoms with Gasteiger partial charge in [-0.25, -0.2) is 0 Å². The van der Waals surface area contributed by atoms with Gasteiger partial charge in [-0.3, -0.25) is 4.79 Å². The maximum atomic E-state index is 12.8. The van der Waals surface area contributed by atoms with E-state index in [1.165, 1.54) is 5.56 Å². The molecule has 0 radical (unpaired) electrons. The molecular weight excluding hydrogens is 314 g/mol. The van der Waals surface area contributed by atoms with E-state index in [-0.39, 0.29) is 5.91 Å². The number of benzene rings is 2. The first-order chi connectivity index (χ1) is 12.2. The lowest BCUT2D eigenvalue weighted by Crippen LogP contribution is -2.41. The Hall–Kier alpha value is -2.49. The van der Waals surface area contributed by atoms with Gasteiger partial charge in [-0.15, -0.1) is 0 Å². The lowest BCUT2D eigenvalue weighted by molar-refractivity contribution is 0.0630. The van der Waals surface area contributed by atoms with Gasteiger partial charge in [0.15, 0.2) is 0 Å². The van der Waals surface area contributed by atoms with E-state index >= 15 is 0 Å². The number of carbonyl (C=O) groups is 1. The van der Waals surface area contributed by atoms with Crippen LogP contribution in [0.4, 0.5) is 0 Å². The van der Waals surface area contributed by atoms with Crippen LogP contribution in [0.25, 0.3) is 0 Å². The van der Waals surface area contributed by atoms with Gasteiger partial charge in [-0.05, 0) is 49.6 Å². The normalized spacial score (nSPS) is 17.2. The predicted octanol–water partition coefficient (Wildman–Crippen LogP) is 3.93. The summed E-state index contributed by atoms with van der Waals surface area (Å²) in [5.41, 5.74) is 1.82. The lowest BCUT2D eigenvalue weighted by atomic mass is 9.98. The van der Waals surface area contributed by atoms with E-state index in [4.69, 9.17) is 9.47 Å². The molecule has 1 saturated heterocycles. The summed E-state index contributed by atoms with van der Waals surface area (Å²) in [7, 11) is 1.60. The van der Waals surface area contributed by atoms with E-state index in [0.29, 0.717) is 23.8 Å². The molecule has 1 fully saturated rings. The molecule has 0 aliphatic carbocycles. The van der Waals surface area contributed by atoms with Crippen molar-refractivity contribution in [3.8, 4) is 11.5 Å². The van der Waals surface area contributed by atoms with Crippen molar-refractivity contribution in [1.82, 2.24) is 4.90 Å². The molecule has 132 valence electrons. The number of amides is 1. The zero-order chi connectivity index (χ0) is 17.6. The predicted molar refractivity (Wildman–Crippen MR) is 98.3 cm³/mol. The minimum Gasteiger partial charge on any atom is -0.496 e. The minimum atomic E-state index is 0.0395. The Labute approximate surface area is 149 Å². The summed E-state index contributed by atoms with van der Waals surface area (Å²) in [4.78, 5) is 14.8. The molecule has 0 bridgehead atoms. The van der Waals surface area contributed by atoms with Crippen LogP contribution in [0.2, 0.25) is 0 Å². The first-order valence-corrected chi connectivity index (χ1v) is 8.79. The van der Waals surface area contributed by atoms with Crippen LogP contribution in [-0.2, 0) is 0 Å². The van der Waals surface area contributed by atoms with Gasteiger partial charge in [-0.2, -0.15) is 0 Å². The molecule has 2 aromatic carbocycles. The van der Waals surface area contributed by atoms with Crippen LogP contribution in [0.1, 0.15) is 28.8 Å². The third-order valence-electron chi connectivity index (χ3n) is 4.62. The first-order valence-electron chi connectivity index (χ1n) is 8.79. The summed E-state index contributed by atoms with van der Waals surface area (Å²) in [5, 5.41) is 0. The van der Waals surface area contributed by atoms with Gasteiger partial charge in [0.05, 0.1) is 19.3 Å². The standard InChI is InChI=1S/C21H25NO3/c1-16-7-5-9-18(13-16)25-15-17-8-6-12-22(14-17)21(23)19-10-3-4-11-20(19)24-2/h3-5,7,9-11,13,17H,6,8,12,14-15H2,1-2H3. The number of likely N-dealkylation sites (tertiary alicyclic amines) is 1. The fourth-order valence-corrected chi connectivity index (χ4v) is 3.30. The number of nitrogens with zero attached hydrogens (tertiary/aromatic N) is 1. The van der Waals surface area contributed by atoms with E-state index in [9.17, 15) is 4.79 Å². The summed E-state index contributed by atoms with van der Waals surface area (Å²) < 4.78 is 11.3. The monoisotopic (exact) mass is 339 g/mol. The highest BCUT2D eigenvalue weighted by molar-refractivity contribution is 5.97. The van der Waals surface area contributed by atoms with Crippen molar-refractivity contribution in [2.75, 3.05) is 26.8 Å². The molecule has 1 atom stereocenters. The van der Waals surface area contributed by atoms with Crippen molar-refractivity contribution in [3.63, 3.8) is 0 Å². The van der Waals surface area contributed by atoms with E-state index in [1.807, 2.05) is 47.4 Å². The van der Waals surface area contributed by atoms with E-state index in [1.54, 1.807) is 7.11 Å². The molecule has 4 nitrogen and oxygen atoms in total. The smallest absolute Gasteiger partial charge is 0.257 e. The highest BCUT2D eigenvalue weighted by Crippen LogP contribution is 2.24. The van der Waals surface area contributed by atoms with Crippen LogP contribution in [0.15, 0.2) is 48.5 Å². The minimum absolute atomic E-state index is 0.0395. The largest absolute Gasteiger partial charge is 0.496 e. The highest BCUT2D eigenvalue weighted by atomic mass is 16.5. The molecule has 25 heavy (non-hydrogen) atoms. The molecule has 1 unspecified atom stereocenters. The Kier molecular flexibility index (Phi) is 5.59. The Bertz CT molecular complexity index is 729. The van der Waals surface area contributed by atoms with Crippen molar-refractivity contribution in [2.24, 2.45) is 5.92 Å². The average molecular weight is 339 g/mol. The van der Waals surface area contributed by atoms with E-state index in [2.05, 4.69) is 13.0 Å². The van der Waals surface area contributed by atoms with Gasteiger partial charge < -0.3 is 14.4 Å². The van der Waals surface area contributed by atoms with Gasteiger partial charge in [0.2, 0.25) is 0 Å². The summed E-state index contributed by atoms with van der Waals surface area (Å²) >= 11 is 0. The second-order valence-corrected chi connectivity index (χ2v) is 6.59. The van der Waals surface area contributed by atoms with Crippen LogP contribution < -0.4 is 9.47 Å². The second-order valence-electron chi connectivity index (χ2n) is 6.59. The Morgan fingerprint density at radius 1 is 1.20 bits per heavy atom. The quantitative estimate of drug-likeness (QED) is 0.828. The Morgan fingerprint density at radius 2 is 2.04 bits per heavy atom. The van der Waals surface area contributed by atoms with Crippen LogP contribution >= 0.6 is 0 Å². The van der Waals surface area contributed by atoms with Crippen molar-refractivity contribution < 1.29 is 14.3 Å². The van der Waals surface area contributed by atoms with E-state index in [0.717, 1.165) is 31.7 Å². The third kappa shape index (κ3) is 4.32. The fourth-order valence-electron chi connectivity index (χ4n) is 3.30. The summed E-state index contributed by atoms with van der Waals surface area (Å²) in [6, 6.07) is 15.5. The Balaban J connectivity index is 1.61. The third-order valence-corrected chi connectivity index (χ3v) is 4.62. The SMILES string of the molecule is COc1ccccc1C(=O)N1CCCC(COc2cccc(C)c2)C1. The number of carbonyl (C=O) groups excluding carboxylic acids is 1. The zero-order valence-corrected chi connectivity index (χ0v) is 14.9. The van der Waals surface area contributed by atoms with Crippen LogP contribution in [-0.4, -0.2) is 37.6 Å². The average Bonchev–Trinajstić information content (AvgIpc) is 2.66. The molecule has 0 N–H and O–H groups in total. The molecule has 0 saturated carbocycles. The summed E-state index contributed by atoms with van der Waals surface area (Å²) in [5.74, 6) is 1.92. The Morgan fingerprint density at radius 3 is 2.84 bits per heavy atom. The van der Waals surface area contributed by atoms with Crippen molar-refractivity contribution in [2.45, 2.75) is 19.8 Å². The number of hydrogen-bond donors (Lipinski definition) is 0. The molecule has 1 amide bonds. The number of ether oxygens (including phenoxy) is 2. The van der Waals surface area contributed by atoms with Gasteiger partial charge in [0.1, 0.15) is 11.5 Å². The molecular formula is C21H25NO3. The van der Waals surface area contributed by atoms with E-state index < -0.39 is 0 Å². The van der Waals surface area contributed by atoms with Crippen molar-refractivity contribution in [3.05, 3.63) is 59.7 Å². The highest BCUT2D eigenvalue weighted by Gasteiger charge is 2.26. The van der Waals surface area contributed by atoms with Crippen molar-refractivity contribution in [1.29, 1.82) is 0 Å². The number of piperidine rings is 1. The van der Waals surface area contributed by atoms with Crippen LogP contribution in [0.3, 0.4) is 0 Å². The van der Waals surface area contributed by atoms with Crippen LogP contribution in [0, 0.1) is 12.8 Å². The zero-order valence-electron chi connectivity index (χ0n) is 14.9. The summed E-state index contributed by atoms with van der Waals surface area (Å²) in [6.45, 7) is 4.21. The molecule has 0 spiro atoms. The lowest BCUT2D eigenvalue weighted by Gasteiger charge is -2.33. The molecule has 3 rings (SSSR count). The molecule has 1 heterocycles. The fraction of sp³-hybridized carbons (Fsp3) is 0.381. The summed E-state index contributed by atoms with van der Waals surface area (Å²) in [6.07, 6.45) is 2.09. The number of rotatable bonds is 5. The van der Waals surface area contributed by atoms with Crippen LogP contribution in [0.5, 0.6) is 11.5 Å². The first kappa shape index (κ1) is 17.3. The van der Waals surface area contributed by atoms with Gasteiger partial charge in [0.25, 0.3) is 5.91 Å². The van der Waals surface area contributed by atoms with Gasteiger partial charge in [0, 0.05) is 19.0 Å². The molecule has 1 aliphatic rings. The molecule has 2 aromatic rings. The second kappa shape index (κ2) is 8.06. The number of methoxy groups -OCH3 is 1. The number of para-hydroxylation sites is 1. The topological polar surface area (TPSA) is 38.8 Å². The maximum absolute atomic E-state index is 12.8.